The van der Waals surface area contributed by atoms with Crippen molar-refractivity contribution in [2.45, 2.75) is 19.4 Å². The van der Waals surface area contributed by atoms with Crippen molar-refractivity contribution in [1.82, 2.24) is 9.88 Å². The maximum Gasteiger partial charge on any atom is 0.264 e. The van der Waals surface area contributed by atoms with E-state index in [4.69, 9.17) is 16.3 Å². The predicted octanol–water partition coefficient (Wildman–Crippen LogP) is 3.20. The van der Waals surface area contributed by atoms with Gasteiger partial charge in [-0.3, -0.25) is 9.78 Å². The van der Waals surface area contributed by atoms with Crippen molar-refractivity contribution in [2.24, 2.45) is 0 Å². The lowest BCUT2D eigenvalue weighted by Crippen LogP contribution is -2.29. The van der Waals surface area contributed by atoms with Crippen LogP contribution in [0.5, 0.6) is 0 Å². The van der Waals surface area contributed by atoms with Gasteiger partial charge in [-0.1, -0.05) is 11.6 Å². The number of carbonyl (C=O) groups excluding carboxylic acids is 1. The van der Waals surface area contributed by atoms with Gasteiger partial charge < -0.3 is 9.64 Å². The monoisotopic (exact) mass is 310 g/mol. The first-order valence-corrected chi connectivity index (χ1v) is 7.83. The minimum absolute atomic E-state index is 0.0475. The van der Waals surface area contributed by atoms with Crippen LogP contribution in [0.25, 0.3) is 10.2 Å². The lowest BCUT2D eigenvalue weighted by Gasteiger charge is -2.15. The Labute approximate surface area is 126 Å². The number of pyridine rings is 1. The summed E-state index contributed by atoms with van der Waals surface area (Å²) in [6.45, 7) is 4.08. The average Bonchev–Trinajstić information content (AvgIpc) is 3.05. The van der Waals surface area contributed by atoms with Crippen molar-refractivity contribution in [1.29, 1.82) is 0 Å². The summed E-state index contributed by atoms with van der Waals surface area (Å²) in [5.74, 6) is 0.0475. The molecule has 1 amide bonds. The van der Waals surface area contributed by atoms with E-state index in [2.05, 4.69) is 4.98 Å². The fraction of sp³-hybridized carbons (Fsp3) is 0.429. The molecule has 0 bridgehead atoms. The van der Waals surface area contributed by atoms with E-state index in [1.54, 1.807) is 12.3 Å². The van der Waals surface area contributed by atoms with Gasteiger partial charge in [0.15, 0.2) is 0 Å². The predicted molar refractivity (Wildman–Crippen MR) is 80.6 cm³/mol. The van der Waals surface area contributed by atoms with Gasteiger partial charge in [0.05, 0.1) is 26.2 Å². The molecule has 4 nitrogen and oxygen atoms in total. The Hall–Kier alpha value is -1.17. The van der Waals surface area contributed by atoms with Crippen molar-refractivity contribution < 1.29 is 9.53 Å². The second-order valence-electron chi connectivity index (χ2n) is 4.73. The largest absolute Gasteiger partial charge is 0.377 e. The normalized spacial score (nSPS) is 18.9. The molecule has 106 valence electrons. The van der Waals surface area contributed by atoms with Crippen molar-refractivity contribution in [3.05, 3.63) is 28.2 Å². The molecule has 6 heteroatoms. The maximum absolute atomic E-state index is 12.5. The number of hydrogen-bond donors (Lipinski definition) is 0. The minimum atomic E-state index is 0.0475. The van der Waals surface area contributed by atoms with Gasteiger partial charge in [0.2, 0.25) is 0 Å². The number of halogens is 1. The second-order valence-corrected chi connectivity index (χ2v) is 6.19. The molecule has 0 saturated carbocycles. The molecular weight excluding hydrogens is 296 g/mol. The summed E-state index contributed by atoms with van der Waals surface area (Å²) in [5, 5.41) is 0.646. The van der Waals surface area contributed by atoms with Crippen LogP contribution in [0.3, 0.4) is 0 Å². The molecule has 0 N–H and O–H groups in total. The molecule has 0 radical (unpaired) electrons. The van der Waals surface area contributed by atoms with E-state index in [1.807, 2.05) is 17.9 Å². The fourth-order valence-corrected chi connectivity index (χ4v) is 3.71. The van der Waals surface area contributed by atoms with Gasteiger partial charge >= 0.3 is 0 Å². The lowest BCUT2D eigenvalue weighted by molar-refractivity contribution is 0.0600. The molecule has 1 saturated heterocycles. The minimum Gasteiger partial charge on any atom is -0.377 e. The van der Waals surface area contributed by atoms with E-state index < -0.39 is 0 Å². The van der Waals surface area contributed by atoms with E-state index in [1.165, 1.54) is 11.3 Å². The summed E-state index contributed by atoms with van der Waals surface area (Å²) in [4.78, 5) is 19.3. The number of aromatic nitrogens is 1. The molecule has 1 aliphatic rings. The maximum atomic E-state index is 12.5. The third-order valence-corrected chi connectivity index (χ3v) is 4.98. The zero-order valence-electron chi connectivity index (χ0n) is 11.1. The molecule has 20 heavy (non-hydrogen) atoms. The first-order valence-electron chi connectivity index (χ1n) is 6.64. The summed E-state index contributed by atoms with van der Waals surface area (Å²) in [5.41, 5.74) is 0.784. The van der Waals surface area contributed by atoms with Crippen molar-refractivity contribution in [2.75, 3.05) is 19.7 Å². The van der Waals surface area contributed by atoms with Gasteiger partial charge in [-0.25, -0.2) is 0 Å². The van der Waals surface area contributed by atoms with Crippen LogP contribution in [0.2, 0.25) is 5.02 Å². The van der Waals surface area contributed by atoms with Crippen LogP contribution in [0.4, 0.5) is 0 Å². The zero-order chi connectivity index (χ0) is 14.1. The Bertz CT molecular complexity index is 643. The Morgan fingerprint density at radius 3 is 3.25 bits per heavy atom. The summed E-state index contributed by atoms with van der Waals surface area (Å²) in [6.07, 6.45) is 2.73. The highest BCUT2D eigenvalue weighted by Crippen LogP contribution is 2.31. The molecule has 3 heterocycles. The van der Waals surface area contributed by atoms with Crippen LogP contribution in [-0.4, -0.2) is 41.6 Å². The highest BCUT2D eigenvalue weighted by atomic mass is 35.5. The van der Waals surface area contributed by atoms with E-state index in [0.29, 0.717) is 23.1 Å². The molecule has 1 atom stereocenters. The van der Waals surface area contributed by atoms with Crippen LogP contribution in [0.15, 0.2) is 18.3 Å². The van der Waals surface area contributed by atoms with Gasteiger partial charge in [0, 0.05) is 25.9 Å². The quantitative estimate of drug-likeness (QED) is 0.874. The molecule has 0 aromatic carbocycles. The third-order valence-electron chi connectivity index (χ3n) is 3.41. The number of thiophene rings is 1. The van der Waals surface area contributed by atoms with E-state index >= 15 is 0 Å². The molecule has 1 aliphatic heterocycles. The average molecular weight is 311 g/mol. The molecule has 0 unspecified atom stereocenters. The van der Waals surface area contributed by atoms with Crippen LogP contribution in [0.1, 0.15) is 23.0 Å². The summed E-state index contributed by atoms with van der Waals surface area (Å²) in [6, 6.07) is 3.57. The van der Waals surface area contributed by atoms with E-state index in [-0.39, 0.29) is 12.0 Å². The van der Waals surface area contributed by atoms with Crippen molar-refractivity contribution in [3.8, 4) is 0 Å². The number of ether oxygens (including phenoxy) is 1. The van der Waals surface area contributed by atoms with Gasteiger partial charge in [0.25, 0.3) is 5.91 Å². The lowest BCUT2D eigenvalue weighted by atomic mass is 10.3. The second kappa shape index (κ2) is 5.68. The van der Waals surface area contributed by atoms with Gasteiger partial charge in [-0.15, -0.1) is 11.3 Å². The van der Waals surface area contributed by atoms with Crippen LogP contribution >= 0.6 is 22.9 Å². The molecule has 2 aromatic rings. The number of amides is 1. The topological polar surface area (TPSA) is 42.4 Å². The highest BCUT2D eigenvalue weighted by molar-refractivity contribution is 7.21. The van der Waals surface area contributed by atoms with Crippen molar-refractivity contribution in [3.63, 3.8) is 0 Å². The summed E-state index contributed by atoms with van der Waals surface area (Å²) in [7, 11) is 0. The van der Waals surface area contributed by atoms with Gasteiger partial charge in [-0.2, -0.15) is 0 Å². The SMILES string of the molecule is CCO[C@@H]1CCN(C(=O)c2cc3nccc(Cl)c3s2)C1. The van der Waals surface area contributed by atoms with Crippen LogP contribution < -0.4 is 0 Å². The van der Waals surface area contributed by atoms with E-state index in [9.17, 15) is 4.79 Å². The number of rotatable bonds is 3. The molecule has 0 spiro atoms. The van der Waals surface area contributed by atoms with Gasteiger partial charge in [-0.05, 0) is 25.5 Å². The number of fused-ring (bicyclic) bond motifs is 1. The molecule has 3 rings (SSSR count). The Kier molecular flexibility index (Phi) is 3.92. The van der Waals surface area contributed by atoms with Crippen molar-refractivity contribution >= 4 is 39.1 Å². The molecule has 0 aliphatic carbocycles. The number of hydrogen-bond acceptors (Lipinski definition) is 4. The Morgan fingerprint density at radius 2 is 2.50 bits per heavy atom. The number of likely N-dealkylation sites (tertiary alicyclic amines) is 1. The fourth-order valence-electron chi connectivity index (χ4n) is 2.45. The Balaban J connectivity index is 1.81. The summed E-state index contributed by atoms with van der Waals surface area (Å²) >= 11 is 7.53. The first-order chi connectivity index (χ1) is 9.69. The third kappa shape index (κ3) is 2.53. The highest BCUT2D eigenvalue weighted by Gasteiger charge is 2.28. The smallest absolute Gasteiger partial charge is 0.264 e. The zero-order valence-corrected chi connectivity index (χ0v) is 12.7. The molecule has 2 aromatic heterocycles. The molecular formula is C14H15ClN2O2S. The van der Waals surface area contributed by atoms with Gasteiger partial charge in [0.1, 0.15) is 0 Å². The van der Waals surface area contributed by atoms with Crippen LogP contribution in [-0.2, 0) is 4.74 Å². The number of nitrogens with zero attached hydrogens (tertiary/aromatic N) is 2. The van der Waals surface area contributed by atoms with E-state index in [0.717, 1.165) is 23.2 Å². The summed E-state index contributed by atoms with van der Waals surface area (Å²) < 4.78 is 6.45. The Morgan fingerprint density at radius 1 is 1.65 bits per heavy atom. The number of carbonyl (C=O) groups is 1. The standard InChI is InChI=1S/C14H15ClN2O2S/c1-2-19-9-4-6-17(8-9)14(18)12-7-11-13(20-12)10(15)3-5-16-11/h3,5,7,9H,2,4,6,8H2,1H3/t9-/m1/s1. The molecule has 1 fully saturated rings. The van der Waals surface area contributed by atoms with Crippen LogP contribution in [0, 0.1) is 0 Å². The first kappa shape index (κ1) is 13.8.